The first-order valence-corrected chi connectivity index (χ1v) is 11.6. The van der Waals surface area contributed by atoms with Crippen molar-refractivity contribution in [2.75, 3.05) is 32.8 Å². The van der Waals surface area contributed by atoms with Crippen LogP contribution in [0.3, 0.4) is 0 Å². The van der Waals surface area contributed by atoms with Crippen molar-refractivity contribution in [3.8, 4) is 11.5 Å². The Balaban J connectivity index is 2.01. The van der Waals surface area contributed by atoms with E-state index in [2.05, 4.69) is 40.0 Å². The van der Waals surface area contributed by atoms with Crippen molar-refractivity contribution < 1.29 is 13.9 Å². The Kier molecular flexibility index (Phi) is 10.9. The van der Waals surface area contributed by atoms with Gasteiger partial charge in [0, 0.05) is 12.1 Å². The van der Waals surface area contributed by atoms with Gasteiger partial charge in [-0.3, -0.25) is 0 Å². The van der Waals surface area contributed by atoms with Gasteiger partial charge in [-0.1, -0.05) is 31.5 Å². The molecule has 0 unspecified atom stereocenters. The quantitative estimate of drug-likeness (QED) is 0.339. The maximum Gasteiger partial charge on any atom is 0.175 e. The normalized spacial score (nSPS) is 11.2. The van der Waals surface area contributed by atoms with Crippen LogP contribution in [0.2, 0.25) is 5.02 Å². The van der Waals surface area contributed by atoms with E-state index in [4.69, 9.17) is 21.1 Å². The highest BCUT2D eigenvalue weighted by molar-refractivity contribution is 9.10. The second kappa shape index (κ2) is 13.2. The Morgan fingerprint density at radius 3 is 2.57 bits per heavy atom. The lowest BCUT2D eigenvalue weighted by Gasteiger charge is -2.18. The number of nitrogens with one attached hydrogen (secondary N) is 1. The molecule has 7 heteroatoms. The van der Waals surface area contributed by atoms with Crippen molar-refractivity contribution in [2.24, 2.45) is 0 Å². The van der Waals surface area contributed by atoms with Crippen LogP contribution in [0.15, 0.2) is 34.8 Å². The van der Waals surface area contributed by atoms with Gasteiger partial charge in [0.15, 0.2) is 11.5 Å². The van der Waals surface area contributed by atoms with Crippen LogP contribution >= 0.6 is 27.5 Å². The molecule has 0 heterocycles. The Hall–Kier alpha value is -1.34. The zero-order valence-electron chi connectivity index (χ0n) is 17.9. The third-order valence-electron chi connectivity index (χ3n) is 4.84. The number of ether oxygens (including phenoxy) is 2. The highest BCUT2D eigenvalue weighted by atomic mass is 79.9. The van der Waals surface area contributed by atoms with Gasteiger partial charge in [0.25, 0.3) is 0 Å². The smallest absolute Gasteiger partial charge is 0.175 e. The minimum atomic E-state index is -0.387. The van der Waals surface area contributed by atoms with E-state index in [1.54, 1.807) is 12.1 Å². The van der Waals surface area contributed by atoms with Crippen LogP contribution in [-0.4, -0.2) is 37.7 Å². The average Bonchev–Trinajstić information content (AvgIpc) is 2.72. The van der Waals surface area contributed by atoms with Gasteiger partial charge >= 0.3 is 0 Å². The topological polar surface area (TPSA) is 33.7 Å². The van der Waals surface area contributed by atoms with E-state index in [1.165, 1.54) is 6.07 Å². The predicted molar refractivity (Wildman–Crippen MR) is 125 cm³/mol. The molecule has 0 amide bonds. The molecular weight excluding hydrogens is 471 g/mol. The molecule has 0 bridgehead atoms. The summed E-state index contributed by atoms with van der Waals surface area (Å²) in [5, 5.41) is 3.83. The molecule has 0 aliphatic rings. The van der Waals surface area contributed by atoms with Gasteiger partial charge in [-0.05, 0) is 85.3 Å². The fraction of sp³-hybridized carbons (Fsp3) is 0.478. The van der Waals surface area contributed by atoms with Crippen molar-refractivity contribution in [1.29, 1.82) is 0 Å². The van der Waals surface area contributed by atoms with Crippen LogP contribution in [0.4, 0.5) is 4.39 Å². The van der Waals surface area contributed by atoms with E-state index in [0.717, 1.165) is 49.2 Å². The van der Waals surface area contributed by atoms with Crippen molar-refractivity contribution in [3.05, 3.63) is 56.8 Å². The molecule has 0 spiro atoms. The predicted octanol–water partition coefficient (Wildman–Crippen LogP) is 6.04. The molecule has 1 N–H and O–H groups in total. The van der Waals surface area contributed by atoms with Gasteiger partial charge in [0.1, 0.15) is 12.4 Å². The van der Waals surface area contributed by atoms with E-state index >= 15 is 0 Å². The first-order valence-electron chi connectivity index (χ1n) is 10.4. The van der Waals surface area contributed by atoms with Crippen LogP contribution in [0, 0.1) is 5.82 Å². The molecule has 2 aromatic rings. The number of benzene rings is 2. The molecule has 0 aromatic heterocycles. The molecule has 0 saturated carbocycles. The highest BCUT2D eigenvalue weighted by Crippen LogP contribution is 2.38. The van der Waals surface area contributed by atoms with Gasteiger partial charge < -0.3 is 19.7 Å². The van der Waals surface area contributed by atoms with Gasteiger partial charge in [0.05, 0.1) is 16.1 Å². The minimum absolute atomic E-state index is 0.0210. The first kappa shape index (κ1) is 24.9. The molecule has 4 nitrogen and oxygen atoms in total. The van der Waals surface area contributed by atoms with Gasteiger partial charge in [-0.2, -0.15) is 0 Å². The molecule has 0 aliphatic heterocycles. The first-order chi connectivity index (χ1) is 14.5. The van der Waals surface area contributed by atoms with E-state index in [-0.39, 0.29) is 12.4 Å². The van der Waals surface area contributed by atoms with Crippen molar-refractivity contribution >= 4 is 27.5 Å². The highest BCUT2D eigenvalue weighted by Gasteiger charge is 2.15. The standard InChI is InChI=1S/C23H31BrClFN2O2/c1-4-28(5-2)12-8-11-27-15-17-13-19(24)23(22(14-17)29-6-3)30-16-18-20(25)9-7-10-21(18)26/h7,9-10,13-14,27H,4-6,8,11-12,15-16H2,1-3H3. The second-order valence-corrected chi connectivity index (χ2v) is 8.15. The Morgan fingerprint density at radius 1 is 1.13 bits per heavy atom. The summed E-state index contributed by atoms with van der Waals surface area (Å²) in [7, 11) is 0. The van der Waals surface area contributed by atoms with Crippen molar-refractivity contribution in [2.45, 2.75) is 40.3 Å². The third-order valence-corrected chi connectivity index (χ3v) is 5.79. The molecule has 0 saturated heterocycles. The van der Waals surface area contributed by atoms with Gasteiger partial charge in [-0.25, -0.2) is 4.39 Å². The van der Waals surface area contributed by atoms with E-state index in [0.29, 0.717) is 28.7 Å². The number of nitrogens with zero attached hydrogens (tertiary/aromatic N) is 1. The summed E-state index contributed by atoms with van der Waals surface area (Å²) in [6, 6.07) is 8.56. The minimum Gasteiger partial charge on any atom is -0.490 e. The molecule has 0 fully saturated rings. The van der Waals surface area contributed by atoms with Crippen LogP contribution in [0.25, 0.3) is 0 Å². The molecular formula is C23H31BrClFN2O2. The molecule has 0 radical (unpaired) electrons. The second-order valence-electron chi connectivity index (χ2n) is 6.88. The average molecular weight is 502 g/mol. The summed E-state index contributed by atoms with van der Waals surface area (Å²) in [6.07, 6.45) is 1.10. The van der Waals surface area contributed by atoms with Crippen molar-refractivity contribution in [1.82, 2.24) is 10.2 Å². The van der Waals surface area contributed by atoms with Crippen LogP contribution in [0.5, 0.6) is 11.5 Å². The van der Waals surface area contributed by atoms with E-state index < -0.39 is 0 Å². The summed E-state index contributed by atoms with van der Waals surface area (Å²) >= 11 is 9.68. The van der Waals surface area contributed by atoms with Crippen LogP contribution < -0.4 is 14.8 Å². The maximum atomic E-state index is 14.0. The molecule has 2 rings (SSSR count). The summed E-state index contributed by atoms with van der Waals surface area (Å²) in [5.41, 5.74) is 1.41. The van der Waals surface area contributed by atoms with Crippen LogP contribution in [0.1, 0.15) is 38.3 Å². The van der Waals surface area contributed by atoms with Gasteiger partial charge in [0.2, 0.25) is 0 Å². The molecule has 0 atom stereocenters. The Bertz CT molecular complexity index is 783. The molecule has 0 aliphatic carbocycles. The number of hydrogen-bond acceptors (Lipinski definition) is 4. The fourth-order valence-electron chi connectivity index (χ4n) is 3.14. The SMILES string of the molecule is CCOc1cc(CNCCCN(CC)CC)cc(Br)c1OCc1c(F)cccc1Cl. The largest absolute Gasteiger partial charge is 0.490 e. The van der Waals surface area contributed by atoms with E-state index in [9.17, 15) is 4.39 Å². The monoisotopic (exact) mass is 500 g/mol. The Labute approximate surface area is 192 Å². The lowest BCUT2D eigenvalue weighted by atomic mass is 10.2. The molecule has 30 heavy (non-hydrogen) atoms. The Morgan fingerprint density at radius 2 is 1.90 bits per heavy atom. The molecule has 2 aromatic carbocycles. The number of halogens is 3. The summed E-state index contributed by atoms with van der Waals surface area (Å²) in [4.78, 5) is 2.42. The lowest BCUT2D eigenvalue weighted by molar-refractivity contribution is 0.264. The van der Waals surface area contributed by atoms with Crippen LogP contribution in [-0.2, 0) is 13.2 Å². The fourth-order valence-corrected chi connectivity index (χ4v) is 3.96. The number of rotatable bonds is 13. The summed E-state index contributed by atoms with van der Waals surface area (Å²) < 4.78 is 26.5. The number of hydrogen-bond donors (Lipinski definition) is 1. The summed E-state index contributed by atoms with van der Waals surface area (Å²) in [5.74, 6) is 0.780. The zero-order valence-corrected chi connectivity index (χ0v) is 20.3. The third kappa shape index (κ3) is 7.41. The van der Waals surface area contributed by atoms with Gasteiger partial charge in [-0.15, -0.1) is 0 Å². The van der Waals surface area contributed by atoms with Crippen molar-refractivity contribution in [3.63, 3.8) is 0 Å². The van der Waals surface area contributed by atoms with E-state index in [1.807, 2.05) is 19.1 Å². The molecule has 166 valence electrons. The summed E-state index contributed by atoms with van der Waals surface area (Å²) in [6.45, 7) is 11.8. The zero-order chi connectivity index (χ0) is 21.9. The maximum absolute atomic E-state index is 14.0. The lowest BCUT2D eigenvalue weighted by Crippen LogP contribution is -2.27.